The van der Waals surface area contributed by atoms with Crippen molar-refractivity contribution in [3.05, 3.63) is 54.0 Å². The van der Waals surface area contributed by atoms with Crippen molar-refractivity contribution in [2.24, 2.45) is 5.92 Å². The molecule has 1 aliphatic heterocycles. The van der Waals surface area contributed by atoms with Gasteiger partial charge in [-0.25, -0.2) is 15.0 Å². The fourth-order valence-electron chi connectivity index (χ4n) is 4.70. The molecule has 2 bridgehead atoms. The molecule has 0 aromatic carbocycles. The zero-order valence-electron chi connectivity index (χ0n) is 17.8. The lowest BCUT2D eigenvalue weighted by Gasteiger charge is -2.37. The molecule has 2 fully saturated rings. The van der Waals surface area contributed by atoms with Crippen LogP contribution in [0.4, 0.5) is 13.2 Å². The number of nitrogens with zero attached hydrogens (tertiary/aromatic N) is 7. The van der Waals surface area contributed by atoms with Crippen molar-refractivity contribution in [2.45, 2.75) is 51.1 Å². The Morgan fingerprint density at radius 3 is 2.52 bits per heavy atom. The third-order valence-corrected chi connectivity index (χ3v) is 6.26. The predicted octanol–water partition coefficient (Wildman–Crippen LogP) is 2.85. The van der Waals surface area contributed by atoms with E-state index in [0.717, 1.165) is 12.6 Å². The van der Waals surface area contributed by atoms with E-state index in [1.165, 1.54) is 17.2 Å². The number of hydrogen-bond acceptors (Lipinski definition) is 7. The molecule has 33 heavy (non-hydrogen) atoms. The Bertz CT molecular complexity index is 1170. The minimum Gasteiger partial charge on any atom is -0.471 e. The Morgan fingerprint density at radius 2 is 1.88 bits per heavy atom. The summed E-state index contributed by atoms with van der Waals surface area (Å²) in [6.07, 6.45) is 1.07. The van der Waals surface area contributed by atoms with Gasteiger partial charge in [0.05, 0.1) is 30.8 Å². The summed E-state index contributed by atoms with van der Waals surface area (Å²) in [6, 6.07) is 3.23. The van der Waals surface area contributed by atoms with E-state index in [4.69, 9.17) is 4.74 Å². The molecule has 5 rings (SSSR count). The molecular weight excluding hydrogens is 439 g/mol. The average Bonchev–Trinajstić information content (AvgIpc) is 3.50. The molecule has 0 radical (unpaired) electrons. The van der Waals surface area contributed by atoms with Crippen molar-refractivity contribution in [1.82, 2.24) is 34.8 Å². The number of ether oxygens (including phenoxy) is 1. The maximum atomic E-state index is 13.7. The molecular formula is C21H20F3N7O2. The molecule has 3 aromatic rings. The van der Waals surface area contributed by atoms with Gasteiger partial charge in [0, 0.05) is 11.7 Å². The summed E-state index contributed by atoms with van der Waals surface area (Å²) >= 11 is 0. The second-order valence-electron chi connectivity index (χ2n) is 8.28. The molecule has 1 saturated heterocycles. The zero-order chi connectivity index (χ0) is 23.3. The Kier molecular flexibility index (Phi) is 5.02. The van der Waals surface area contributed by atoms with Crippen LogP contribution in [0.3, 0.4) is 0 Å². The number of amides is 1. The predicted molar refractivity (Wildman–Crippen MR) is 107 cm³/mol. The van der Waals surface area contributed by atoms with Crippen molar-refractivity contribution >= 4 is 5.91 Å². The number of carbonyl (C=O) groups excluding carboxylic acids is 1. The second-order valence-corrected chi connectivity index (χ2v) is 8.28. The van der Waals surface area contributed by atoms with Crippen LogP contribution < -0.4 is 4.74 Å². The van der Waals surface area contributed by atoms with Crippen LogP contribution in [0.25, 0.3) is 5.69 Å². The van der Waals surface area contributed by atoms with Crippen molar-refractivity contribution in [2.75, 3.05) is 0 Å². The van der Waals surface area contributed by atoms with Gasteiger partial charge in [0.15, 0.2) is 11.4 Å². The minimum atomic E-state index is -4.57. The van der Waals surface area contributed by atoms with E-state index >= 15 is 0 Å². The maximum Gasteiger partial charge on any atom is 0.434 e. The Morgan fingerprint density at radius 1 is 1.12 bits per heavy atom. The summed E-state index contributed by atoms with van der Waals surface area (Å²) in [5, 5.41) is 8.25. The van der Waals surface area contributed by atoms with E-state index in [0.29, 0.717) is 24.0 Å². The Hall–Kier alpha value is -3.57. The number of aromatic nitrogens is 6. The molecule has 172 valence electrons. The van der Waals surface area contributed by atoms with Gasteiger partial charge in [0.2, 0.25) is 5.88 Å². The number of piperidine rings is 1. The number of likely N-dealkylation sites (tertiary alicyclic amines) is 1. The number of hydrogen-bond donors (Lipinski definition) is 0. The lowest BCUT2D eigenvalue weighted by molar-refractivity contribution is -0.141. The van der Waals surface area contributed by atoms with E-state index < -0.39 is 18.0 Å². The first-order valence-electron chi connectivity index (χ1n) is 10.5. The second kappa shape index (κ2) is 7.78. The number of rotatable bonds is 4. The SMILES string of the molecule is Cc1ccc(-n2nccn2)c(C(=O)N2[C@H](C)[C@H]3C[C@@H](Oc4cnc(C(F)(F)F)cn4)[C@@H]2C3)n1. The van der Waals surface area contributed by atoms with Gasteiger partial charge in [-0.1, -0.05) is 0 Å². The minimum absolute atomic E-state index is 0.00397. The number of pyridine rings is 1. The molecule has 2 aliphatic rings. The number of halogens is 3. The summed E-state index contributed by atoms with van der Waals surface area (Å²) in [6.45, 7) is 3.78. The molecule has 0 N–H and O–H groups in total. The van der Waals surface area contributed by atoms with Crippen LogP contribution in [0, 0.1) is 12.8 Å². The van der Waals surface area contributed by atoms with Gasteiger partial charge in [-0.05, 0) is 44.7 Å². The van der Waals surface area contributed by atoms with E-state index in [1.807, 2.05) is 6.92 Å². The highest BCUT2D eigenvalue weighted by Gasteiger charge is 2.53. The first-order valence-corrected chi connectivity index (χ1v) is 10.5. The highest BCUT2D eigenvalue weighted by atomic mass is 19.4. The van der Waals surface area contributed by atoms with Gasteiger partial charge in [-0.15, -0.1) is 4.80 Å². The highest BCUT2D eigenvalue weighted by Crippen LogP contribution is 2.44. The summed E-state index contributed by atoms with van der Waals surface area (Å²) in [7, 11) is 0. The van der Waals surface area contributed by atoms with Crippen LogP contribution in [-0.2, 0) is 6.18 Å². The van der Waals surface area contributed by atoms with Crippen LogP contribution in [0.1, 0.15) is 41.6 Å². The number of carbonyl (C=O) groups is 1. The zero-order valence-corrected chi connectivity index (χ0v) is 17.8. The van der Waals surface area contributed by atoms with Crippen molar-refractivity contribution in [3.8, 4) is 11.6 Å². The molecule has 0 unspecified atom stereocenters. The quantitative estimate of drug-likeness (QED) is 0.592. The van der Waals surface area contributed by atoms with Crippen molar-refractivity contribution in [1.29, 1.82) is 0 Å². The van der Waals surface area contributed by atoms with Crippen LogP contribution in [-0.4, -0.2) is 58.9 Å². The maximum absolute atomic E-state index is 13.7. The number of aryl methyl sites for hydroxylation is 1. The monoisotopic (exact) mass is 459 g/mol. The van der Waals surface area contributed by atoms with Gasteiger partial charge in [-0.3, -0.25) is 4.79 Å². The van der Waals surface area contributed by atoms with Gasteiger partial charge in [0.25, 0.3) is 5.91 Å². The molecule has 0 spiro atoms. The van der Waals surface area contributed by atoms with Crippen LogP contribution in [0.15, 0.2) is 36.9 Å². The largest absolute Gasteiger partial charge is 0.471 e. The fraction of sp³-hybridized carbons (Fsp3) is 0.429. The summed E-state index contributed by atoms with van der Waals surface area (Å²) < 4.78 is 44.1. The fourth-order valence-corrected chi connectivity index (χ4v) is 4.70. The average molecular weight is 459 g/mol. The third-order valence-electron chi connectivity index (χ3n) is 6.26. The molecule has 1 amide bonds. The molecule has 1 aliphatic carbocycles. The smallest absolute Gasteiger partial charge is 0.434 e. The van der Waals surface area contributed by atoms with Gasteiger partial charge in [-0.2, -0.15) is 23.4 Å². The number of fused-ring (bicyclic) bond motifs is 2. The molecule has 12 heteroatoms. The van der Waals surface area contributed by atoms with Gasteiger partial charge < -0.3 is 9.64 Å². The Labute approximate surface area is 186 Å². The van der Waals surface area contributed by atoms with Crippen molar-refractivity contribution in [3.63, 3.8) is 0 Å². The van der Waals surface area contributed by atoms with Crippen LogP contribution in [0.5, 0.6) is 5.88 Å². The van der Waals surface area contributed by atoms with E-state index in [9.17, 15) is 18.0 Å². The van der Waals surface area contributed by atoms with E-state index in [2.05, 4.69) is 25.1 Å². The summed E-state index contributed by atoms with van der Waals surface area (Å²) in [5.74, 6) is -0.0732. The normalized spacial score (nSPS) is 24.3. The standard InChI is InChI=1S/C21H20F3N7O2/c1-11-3-4-14(31-27-5-6-28-31)19(29-11)20(32)30-12(2)13-7-15(30)16(8-13)33-18-10-25-17(9-26-18)21(22,23)24/h3-6,9-10,12-13,15-16H,7-8H2,1-2H3/t12-,13-,15+,16-/m1/s1. The van der Waals surface area contributed by atoms with Crippen LogP contribution >= 0.6 is 0 Å². The third kappa shape index (κ3) is 3.79. The van der Waals surface area contributed by atoms with Gasteiger partial charge >= 0.3 is 6.18 Å². The molecule has 1 saturated carbocycles. The van der Waals surface area contributed by atoms with Crippen LogP contribution in [0.2, 0.25) is 0 Å². The summed E-state index contributed by atoms with van der Waals surface area (Å²) in [4.78, 5) is 28.4. The van der Waals surface area contributed by atoms with E-state index in [1.54, 1.807) is 24.0 Å². The molecule has 9 nitrogen and oxygen atoms in total. The molecule has 4 atom stereocenters. The summed E-state index contributed by atoms with van der Waals surface area (Å²) in [5.41, 5.74) is 0.299. The lowest BCUT2D eigenvalue weighted by atomic mass is 9.98. The first kappa shape index (κ1) is 21.3. The molecule has 4 heterocycles. The number of alkyl halides is 3. The lowest BCUT2D eigenvalue weighted by Crippen LogP contribution is -2.51. The van der Waals surface area contributed by atoms with Gasteiger partial charge in [0.1, 0.15) is 11.8 Å². The van der Waals surface area contributed by atoms with Crippen molar-refractivity contribution < 1.29 is 22.7 Å². The Balaban J connectivity index is 1.40. The highest BCUT2D eigenvalue weighted by molar-refractivity contribution is 5.96. The molecule has 3 aromatic heterocycles. The topological polar surface area (TPSA) is 98.9 Å². The van der Waals surface area contributed by atoms with E-state index in [-0.39, 0.29) is 35.5 Å². The first-order chi connectivity index (χ1) is 15.7.